The summed E-state index contributed by atoms with van der Waals surface area (Å²) in [7, 11) is -2.52. The summed E-state index contributed by atoms with van der Waals surface area (Å²) >= 11 is 0. The third kappa shape index (κ3) is 5.55. The van der Waals surface area contributed by atoms with Gasteiger partial charge in [0.05, 0.1) is 6.42 Å². The van der Waals surface area contributed by atoms with Gasteiger partial charge in [0.2, 0.25) is 5.91 Å². The first kappa shape index (κ1) is 25.1. The van der Waals surface area contributed by atoms with Crippen molar-refractivity contribution in [2.45, 2.75) is 90.7 Å². The molecule has 1 fully saturated rings. The average molecular weight is 448 g/mol. The second-order valence-electron chi connectivity index (χ2n) is 10.4. The minimum absolute atomic E-state index is 0.0167. The molecule has 0 aromatic rings. The lowest BCUT2D eigenvalue weighted by Crippen LogP contribution is -2.53. The quantitative estimate of drug-likeness (QED) is 0.420. The maximum Gasteiger partial charge on any atom is 0.416 e. The van der Waals surface area contributed by atoms with Crippen LogP contribution >= 0.6 is 0 Å². The van der Waals surface area contributed by atoms with E-state index in [4.69, 9.17) is 4.43 Å². The molecule has 0 heterocycles. The molecule has 0 aliphatic heterocycles. The zero-order chi connectivity index (χ0) is 23.0. The van der Waals surface area contributed by atoms with Crippen molar-refractivity contribution in [1.29, 1.82) is 0 Å². The Balaban J connectivity index is 2.04. The Morgan fingerprint density at radius 3 is 2.57 bits per heavy atom. The molecule has 0 aromatic carbocycles. The largest absolute Gasteiger partial charge is 0.416 e. The molecule has 172 valence electrons. The fourth-order valence-electron chi connectivity index (χ4n) is 5.18. The zero-order valence-corrected chi connectivity index (χ0v) is 20.0. The van der Waals surface area contributed by atoms with Crippen molar-refractivity contribution >= 4 is 20.0 Å². The summed E-state index contributed by atoms with van der Waals surface area (Å²) in [5, 5.41) is 2.69. The molecule has 0 spiro atoms. The topological polar surface area (TPSA) is 55.4 Å². The highest BCUT2D eigenvalue weighted by Crippen LogP contribution is 2.51. The number of carbonyl (C=O) groups is 2. The predicted octanol–water partition coefficient (Wildman–Crippen LogP) is 5.40. The molecule has 1 amide bonds. The SMILES string of the molecule is CC(CNC(=O)CC(C)(O[Si](C)(C)C)C(F)(F)F)C1=CCC[C@H]2C(=O)CCC[C@]12C. The van der Waals surface area contributed by atoms with Crippen LogP contribution in [0.4, 0.5) is 13.2 Å². The van der Waals surface area contributed by atoms with E-state index in [2.05, 4.69) is 18.3 Å². The van der Waals surface area contributed by atoms with E-state index in [1.807, 2.05) is 6.92 Å². The van der Waals surface area contributed by atoms with Gasteiger partial charge in [0.15, 0.2) is 13.9 Å². The standard InChI is InChI=1S/C22H36F3NO3Si/c1-15(16-9-7-10-17-18(27)11-8-12-20(16,17)2)14-26-19(28)13-21(3,22(23,24)25)29-30(4,5)6/h9,15,17H,7-8,10-14H2,1-6H3,(H,26,28)/t15?,17-,20+,21?/m0/s1. The fourth-order valence-corrected chi connectivity index (χ4v) is 6.72. The number of hydrogen-bond donors (Lipinski definition) is 1. The highest BCUT2D eigenvalue weighted by Gasteiger charge is 2.55. The van der Waals surface area contributed by atoms with Gasteiger partial charge < -0.3 is 9.74 Å². The zero-order valence-electron chi connectivity index (χ0n) is 19.0. The van der Waals surface area contributed by atoms with Gasteiger partial charge in [-0.3, -0.25) is 9.59 Å². The van der Waals surface area contributed by atoms with Crippen molar-refractivity contribution in [2.75, 3.05) is 6.54 Å². The van der Waals surface area contributed by atoms with Gasteiger partial charge in [0, 0.05) is 18.9 Å². The van der Waals surface area contributed by atoms with Crippen LogP contribution in [0.15, 0.2) is 11.6 Å². The number of rotatable bonds is 7. The van der Waals surface area contributed by atoms with Gasteiger partial charge in [-0.2, -0.15) is 13.2 Å². The lowest BCUT2D eigenvalue weighted by Gasteiger charge is -2.47. The third-order valence-corrected chi connectivity index (χ3v) is 7.58. The molecule has 2 rings (SSSR count). The Bertz CT molecular complexity index is 701. The number of ketones is 1. The van der Waals surface area contributed by atoms with Crippen LogP contribution in [0, 0.1) is 17.3 Å². The van der Waals surface area contributed by atoms with E-state index in [-0.39, 0.29) is 23.8 Å². The highest BCUT2D eigenvalue weighted by molar-refractivity contribution is 6.69. The Kier molecular flexibility index (Phi) is 7.34. The van der Waals surface area contributed by atoms with Gasteiger partial charge >= 0.3 is 6.18 Å². The van der Waals surface area contributed by atoms with Crippen LogP contribution in [0.2, 0.25) is 19.6 Å². The summed E-state index contributed by atoms with van der Waals surface area (Å²) in [6.07, 6.45) is 0.887. The molecule has 0 radical (unpaired) electrons. The highest BCUT2D eigenvalue weighted by atomic mass is 28.4. The molecule has 2 aliphatic carbocycles. The normalized spacial score (nSPS) is 28.2. The molecule has 0 bridgehead atoms. The Morgan fingerprint density at radius 1 is 1.37 bits per heavy atom. The summed E-state index contributed by atoms with van der Waals surface area (Å²) < 4.78 is 46.3. The average Bonchev–Trinajstić information content (AvgIpc) is 2.56. The number of Topliss-reactive ketones (excluding diaryl/α,β-unsaturated/α-hetero) is 1. The summed E-state index contributed by atoms with van der Waals surface area (Å²) in [5.41, 5.74) is -1.55. The number of alkyl halides is 3. The van der Waals surface area contributed by atoms with E-state index in [0.717, 1.165) is 38.2 Å². The first-order chi connectivity index (χ1) is 13.6. The van der Waals surface area contributed by atoms with Gasteiger partial charge in [-0.1, -0.05) is 25.5 Å². The molecule has 1 N–H and O–H groups in total. The Labute approximate surface area is 179 Å². The van der Waals surface area contributed by atoms with Gasteiger partial charge in [0.25, 0.3) is 0 Å². The Morgan fingerprint density at radius 2 is 2.00 bits per heavy atom. The second-order valence-corrected chi connectivity index (χ2v) is 14.8. The van der Waals surface area contributed by atoms with Crippen molar-refractivity contribution in [2.24, 2.45) is 17.3 Å². The number of hydrogen-bond acceptors (Lipinski definition) is 3. The van der Waals surface area contributed by atoms with Crippen LogP contribution in [-0.2, 0) is 14.0 Å². The van der Waals surface area contributed by atoms with Crippen LogP contribution < -0.4 is 5.32 Å². The van der Waals surface area contributed by atoms with E-state index < -0.39 is 32.4 Å². The maximum atomic E-state index is 13.6. The van der Waals surface area contributed by atoms with E-state index in [1.54, 1.807) is 19.6 Å². The van der Waals surface area contributed by atoms with Gasteiger partial charge in [-0.25, -0.2) is 0 Å². The third-order valence-electron chi connectivity index (χ3n) is 6.52. The van der Waals surface area contributed by atoms with Crippen molar-refractivity contribution in [3.8, 4) is 0 Å². The van der Waals surface area contributed by atoms with E-state index in [9.17, 15) is 22.8 Å². The van der Waals surface area contributed by atoms with Gasteiger partial charge in [-0.05, 0) is 63.6 Å². The first-order valence-corrected chi connectivity index (χ1v) is 14.3. The van der Waals surface area contributed by atoms with Crippen molar-refractivity contribution in [1.82, 2.24) is 5.32 Å². The molecular weight excluding hydrogens is 411 g/mol. The smallest absolute Gasteiger partial charge is 0.403 e. The first-order valence-electron chi connectivity index (χ1n) is 10.9. The summed E-state index contributed by atoms with van der Waals surface area (Å²) in [6.45, 7) is 10.3. The van der Waals surface area contributed by atoms with E-state index in [0.29, 0.717) is 12.2 Å². The molecule has 2 unspecified atom stereocenters. The second kappa shape index (κ2) is 8.77. The molecule has 0 saturated heterocycles. The van der Waals surface area contributed by atoms with E-state index in [1.165, 1.54) is 0 Å². The number of nitrogens with one attached hydrogen (secondary N) is 1. The molecule has 30 heavy (non-hydrogen) atoms. The van der Waals surface area contributed by atoms with Crippen LogP contribution in [0.3, 0.4) is 0 Å². The lowest BCUT2D eigenvalue weighted by molar-refractivity contribution is -0.246. The number of halogens is 3. The number of amides is 1. The predicted molar refractivity (Wildman–Crippen MR) is 113 cm³/mol. The van der Waals surface area contributed by atoms with Crippen molar-refractivity contribution in [3.63, 3.8) is 0 Å². The van der Waals surface area contributed by atoms with Gasteiger partial charge in [-0.15, -0.1) is 0 Å². The lowest BCUT2D eigenvalue weighted by atomic mass is 9.57. The summed E-state index contributed by atoms with van der Waals surface area (Å²) in [4.78, 5) is 24.9. The van der Waals surface area contributed by atoms with Gasteiger partial charge in [0.1, 0.15) is 5.78 Å². The summed E-state index contributed by atoms with van der Waals surface area (Å²) in [5.74, 6) is -0.376. The van der Waals surface area contributed by atoms with Crippen LogP contribution in [0.5, 0.6) is 0 Å². The van der Waals surface area contributed by atoms with Crippen LogP contribution in [-0.4, -0.2) is 38.3 Å². The molecule has 4 atom stereocenters. The molecule has 0 aromatic heterocycles. The van der Waals surface area contributed by atoms with E-state index >= 15 is 0 Å². The molecule has 1 saturated carbocycles. The van der Waals surface area contributed by atoms with Crippen molar-refractivity contribution in [3.05, 3.63) is 11.6 Å². The van der Waals surface area contributed by atoms with Crippen molar-refractivity contribution < 1.29 is 27.2 Å². The molecule has 4 nitrogen and oxygen atoms in total. The van der Waals surface area contributed by atoms with Crippen LogP contribution in [0.1, 0.15) is 59.3 Å². The monoisotopic (exact) mass is 447 g/mol. The van der Waals surface area contributed by atoms with Crippen LogP contribution in [0.25, 0.3) is 0 Å². The minimum Gasteiger partial charge on any atom is -0.403 e. The number of fused-ring (bicyclic) bond motifs is 1. The molecule has 8 heteroatoms. The summed E-state index contributed by atoms with van der Waals surface area (Å²) in [6, 6.07) is 0. The molecular formula is C22H36F3NO3Si. The number of carbonyl (C=O) groups excluding carboxylic acids is 2. The fraction of sp³-hybridized carbons (Fsp3) is 0.818. The Hall–Kier alpha value is -1.15. The molecule has 2 aliphatic rings. The maximum absolute atomic E-state index is 13.6. The minimum atomic E-state index is -4.63. The number of allylic oxidation sites excluding steroid dienone is 1.